The topological polar surface area (TPSA) is 17.1 Å². The molecular weight excluding hydrogens is 171 g/mol. The summed E-state index contributed by atoms with van der Waals surface area (Å²) in [5, 5.41) is 2.33. The summed E-state index contributed by atoms with van der Waals surface area (Å²) in [6, 6.07) is 10.3. The molecule has 2 rings (SSSR count). The van der Waals surface area contributed by atoms with E-state index >= 15 is 0 Å². The summed E-state index contributed by atoms with van der Waals surface area (Å²) in [4.78, 5) is 10.8. The van der Waals surface area contributed by atoms with E-state index in [1.54, 1.807) is 0 Å². The molecule has 0 amide bonds. The maximum absolute atomic E-state index is 10.8. The first kappa shape index (κ1) is 9.01. The van der Waals surface area contributed by atoms with Crippen molar-refractivity contribution in [2.24, 2.45) is 0 Å². The first-order valence-corrected chi connectivity index (χ1v) is 4.67. The summed E-state index contributed by atoms with van der Waals surface area (Å²) in [6.07, 6.45) is 0.914. The van der Waals surface area contributed by atoms with Crippen molar-refractivity contribution < 1.29 is 4.79 Å². The Morgan fingerprint density at radius 1 is 1.14 bits per heavy atom. The number of aryl methyl sites for hydroxylation is 1. The normalized spacial score (nSPS) is 10.4. The molecule has 0 unspecified atom stereocenters. The third-order valence-corrected chi connectivity index (χ3v) is 2.51. The van der Waals surface area contributed by atoms with Crippen LogP contribution in [-0.4, -0.2) is 14.1 Å². The summed E-state index contributed by atoms with van der Waals surface area (Å²) in [7, 11) is 1.96. The predicted molar refractivity (Wildman–Crippen MR) is 62.3 cm³/mol. The number of carbonyl (C=O) groups excluding carboxylic acids is 1. The second kappa shape index (κ2) is 3.30. The Bertz CT molecular complexity index is 503. The lowest BCUT2D eigenvalue weighted by Crippen LogP contribution is -2.08. The Kier molecular flexibility index (Phi) is 2.12. The molecule has 0 radical (unpaired) electrons. The van der Waals surface area contributed by atoms with Gasteiger partial charge in [0, 0.05) is 5.56 Å². The second-order valence-electron chi connectivity index (χ2n) is 3.68. The fourth-order valence-electron chi connectivity index (χ4n) is 1.68. The quantitative estimate of drug-likeness (QED) is 0.478. The molecule has 0 bridgehead atoms. The molecule has 0 fully saturated rings. The maximum Gasteiger partial charge on any atom is 0.149 e. The van der Waals surface area contributed by atoms with Crippen LogP contribution in [0.5, 0.6) is 0 Å². The second-order valence-corrected chi connectivity index (χ2v) is 3.68. The molecule has 0 N–H and O–H groups in total. The zero-order chi connectivity index (χ0) is 10.1. The summed E-state index contributed by atoms with van der Waals surface area (Å²) in [6.45, 7) is 2.06. The molecule has 0 spiro atoms. The predicted octanol–water partition coefficient (Wildman–Crippen LogP) is 1.22. The number of hydrogen-bond donors (Lipinski definition) is 0. The zero-order valence-electron chi connectivity index (χ0n) is 8.37. The van der Waals surface area contributed by atoms with Gasteiger partial charge in [-0.15, -0.1) is 0 Å². The van der Waals surface area contributed by atoms with Crippen LogP contribution >= 0.6 is 0 Å². The summed E-state index contributed by atoms with van der Waals surface area (Å²) in [5.74, 6) is 0. The number of benzene rings is 2. The first-order chi connectivity index (χ1) is 6.70. The smallest absolute Gasteiger partial charge is 0.149 e. The first-order valence-electron chi connectivity index (χ1n) is 4.67. The average Bonchev–Trinajstić information content (AvgIpc) is 2.17. The molecule has 2 aromatic rings. The molecule has 0 aromatic heterocycles. The maximum atomic E-state index is 10.8. The van der Waals surface area contributed by atoms with Gasteiger partial charge in [-0.25, -0.2) is 0 Å². The summed E-state index contributed by atoms with van der Waals surface area (Å²) >= 11 is 0. The largest absolute Gasteiger partial charge is 0.298 e. The van der Waals surface area contributed by atoms with Gasteiger partial charge in [-0.2, -0.15) is 0 Å². The highest BCUT2D eigenvalue weighted by Crippen LogP contribution is 2.15. The molecule has 0 aliphatic heterocycles. The third kappa shape index (κ3) is 1.44. The molecule has 0 atom stereocenters. The highest BCUT2D eigenvalue weighted by molar-refractivity contribution is 6.36. The van der Waals surface area contributed by atoms with E-state index in [0.717, 1.165) is 22.7 Å². The standard InChI is InChI=1S/C12H11BO/c1-8-2-3-9-6-12(13)11(7-14)5-10(9)4-8/h2-7H,13H2,1H3. The van der Waals surface area contributed by atoms with Crippen molar-refractivity contribution in [2.45, 2.75) is 6.92 Å². The minimum absolute atomic E-state index is 0.781. The van der Waals surface area contributed by atoms with Crippen molar-refractivity contribution in [3.63, 3.8) is 0 Å². The zero-order valence-corrected chi connectivity index (χ0v) is 8.37. The fourth-order valence-corrected chi connectivity index (χ4v) is 1.68. The lowest BCUT2D eigenvalue weighted by molar-refractivity contribution is 0.112. The number of rotatable bonds is 1. The molecule has 14 heavy (non-hydrogen) atoms. The molecular formula is C12H11BO. The number of hydrogen-bond acceptors (Lipinski definition) is 1. The summed E-state index contributed by atoms with van der Waals surface area (Å²) in [5.41, 5.74) is 3.04. The molecule has 1 nitrogen and oxygen atoms in total. The molecule has 0 aliphatic rings. The van der Waals surface area contributed by atoms with Crippen LogP contribution < -0.4 is 5.46 Å². The van der Waals surface area contributed by atoms with Gasteiger partial charge in [-0.1, -0.05) is 35.3 Å². The Morgan fingerprint density at radius 3 is 2.64 bits per heavy atom. The fraction of sp³-hybridized carbons (Fsp3) is 0.0833. The highest BCUT2D eigenvalue weighted by Gasteiger charge is 2.00. The van der Waals surface area contributed by atoms with E-state index in [2.05, 4.69) is 31.2 Å². The molecule has 68 valence electrons. The number of carbonyl (C=O) groups is 1. The van der Waals surface area contributed by atoms with Crippen LogP contribution in [0.3, 0.4) is 0 Å². The molecule has 2 heteroatoms. The van der Waals surface area contributed by atoms with E-state index in [4.69, 9.17) is 0 Å². The Morgan fingerprint density at radius 2 is 1.93 bits per heavy atom. The van der Waals surface area contributed by atoms with Gasteiger partial charge in [0.15, 0.2) is 0 Å². The minimum atomic E-state index is 0.781. The van der Waals surface area contributed by atoms with E-state index in [1.807, 2.05) is 13.9 Å². The lowest BCUT2D eigenvalue weighted by atomic mass is 9.88. The Balaban J connectivity index is 2.79. The molecule has 0 heterocycles. The molecule has 2 aromatic carbocycles. The SMILES string of the molecule is Bc1cc2ccc(C)cc2cc1C=O. The van der Waals surface area contributed by atoms with Gasteiger partial charge in [0.25, 0.3) is 0 Å². The monoisotopic (exact) mass is 182 g/mol. The summed E-state index contributed by atoms with van der Waals surface area (Å²) < 4.78 is 0. The van der Waals surface area contributed by atoms with E-state index in [0.29, 0.717) is 0 Å². The van der Waals surface area contributed by atoms with Crippen LogP contribution in [0, 0.1) is 6.92 Å². The van der Waals surface area contributed by atoms with E-state index in [9.17, 15) is 4.79 Å². The van der Waals surface area contributed by atoms with E-state index in [-0.39, 0.29) is 0 Å². The van der Waals surface area contributed by atoms with Crippen LogP contribution in [-0.2, 0) is 0 Å². The number of fused-ring (bicyclic) bond motifs is 1. The van der Waals surface area contributed by atoms with Gasteiger partial charge in [0.1, 0.15) is 14.1 Å². The average molecular weight is 182 g/mol. The minimum Gasteiger partial charge on any atom is -0.298 e. The van der Waals surface area contributed by atoms with Crippen molar-refractivity contribution in [3.05, 3.63) is 41.5 Å². The van der Waals surface area contributed by atoms with Crippen LogP contribution in [0.25, 0.3) is 10.8 Å². The van der Waals surface area contributed by atoms with Crippen LogP contribution in [0.1, 0.15) is 15.9 Å². The van der Waals surface area contributed by atoms with Gasteiger partial charge in [0.2, 0.25) is 0 Å². The van der Waals surface area contributed by atoms with Gasteiger partial charge in [0.05, 0.1) is 0 Å². The molecule has 0 saturated heterocycles. The number of aldehydes is 1. The van der Waals surface area contributed by atoms with Gasteiger partial charge in [-0.05, 0) is 23.8 Å². The Labute approximate surface area is 84.2 Å². The van der Waals surface area contributed by atoms with Gasteiger partial charge in [-0.3, -0.25) is 4.79 Å². The molecule has 0 saturated carbocycles. The van der Waals surface area contributed by atoms with Crippen molar-refractivity contribution in [3.8, 4) is 0 Å². The lowest BCUT2D eigenvalue weighted by Gasteiger charge is -2.03. The molecule has 0 aliphatic carbocycles. The Hall–Kier alpha value is -1.57. The van der Waals surface area contributed by atoms with Crippen molar-refractivity contribution in [2.75, 3.05) is 0 Å². The van der Waals surface area contributed by atoms with Crippen molar-refractivity contribution in [1.82, 2.24) is 0 Å². The highest BCUT2D eigenvalue weighted by atomic mass is 16.1. The van der Waals surface area contributed by atoms with Crippen molar-refractivity contribution in [1.29, 1.82) is 0 Å². The van der Waals surface area contributed by atoms with E-state index in [1.165, 1.54) is 10.9 Å². The van der Waals surface area contributed by atoms with Gasteiger partial charge < -0.3 is 0 Å². The third-order valence-electron chi connectivity index (χ3n) is 2.51. The van der Waals surface area contributed by atoms with Crippen LogP contribution in [0.2, 0.25) is 0 Å². The van der Waals surface area contributed by atoms with Crippen LogP contribution in [0.4, 0.5) is 0 Å². The van der Waals surface area contributed by atoms with E-state index < -0.39 is 0 Å². The van der Waals surface area contributed by atoms with Crippen LogP contribution in [0.15, 0.2) is 30.3 Å². The van der Waals surface area contributed by atoms with Crippen molar-refractivity contribution >= 4 is 30.4 Å². The van der Waals surface area contributed by atoms with Gasteiger partial charge >= 0.3 is 0 Å².